The smallest absolute Gasteiger partial charge is 0.276 e. The van der Waals surface area contributed by atoms with Gasteiger partial charge in [0.15, 0.2) is 5.69 Å². The van der Waals surface area contributed by atoms with E-state index < -0.39 is 0 Å². The molecule has 2 aliphatic rings. The molecule has 1 amide bonds. The first-order chi connectivity index (χ1) is 8.36. The normalized spacial score (nSPS) is 20.1. The van der Waals surface area contributed by atoms with Crippen molar-refractivity contribution in [2.75, 3.05) is 19.6 Å². The molecular formula is C12H17N3O2. The van der Waals surface area contributed by atoms with Crippen LogP contribution in [0.25, 0.3) is 0 Å². The van der Waals surface area contributed by atoms with Gasteiger partial charge in [-0.05, 0) is 19.3 Å². The summed E-state index contributed by atoms with van der Waals surface area (Å²) in [6.07, 6.45) is 4.26. The van der Waals surface area contributed by atoms with Gasteiger partial charge in [-0.15, -0.1) is 0 Å². The molecule has 1 N–H and O–H groups in total. The Morgan fingerprint density at radius 2 is 2.12 bits per heavy atom. The van der Waals surface area contributed by atoms with Crippen LogP contribution in [0.2, 0.25) is 0 Å². The molecule has 3 heterocycles. The van der Waals surface area contributed by atoms with Crippen molar-refractivity contribution in [1.82, 2.24) is 15.4 Å². The molecule has 0 aromatic carbocycles. The van der Waals surface area contributed by atoms with Gasteiger partial charge < -0.3 is 14.7 Å². The fourth-order valence-electron chi connectivity index (χ4n) is 2.55. The number of carbonyl (C=O) groups is 1. The second kappa shape index (κ2) is 4.49. The standard InChI is InChI=1S/C12H17N3O2/c16-12(15-6-2-1-3-7-15)11-9-8-13-5-4-10(9)17-14-11/h13H,1-8H2. The van der Waals surface area contributed by atoms with Gasteiger partial charge in [-0.2, -0.15) is 0 Å². The topological polar surface area (TPSA) is 58.4 Å². The van der Waals surface area contributed by atoms with Crippen LogP contribution in [0.4, 0.5) is 0 Å². The number of hydrogen-bond donors (Lipinski definition) is 1. The van der Waals surface area contributed by atoms with E-state index in [2.05, 4.69) is 10.5 Å². The Morgan fingerprint density at radius 3 is 2.94 bits per heavy atom. The van der Waals surface area contributed by atoms with E-state index in [0.717, 1.165) is 50.2 Å². The van der Waals surface area contributed by atoms with Crippen molar-refractivity contribution in [3.05, 3.63) is 17.0 Å². The maximum Gasteiger partial charge on any atom is 0.276 e. The summed E-state index contributed by atoms with van der Waals surface area (Å²) in [6, 6.07) is 0. The van der Waals surface area contributed by atoms with Gasteiger partial charge >= 0.3 is 0 Å². The van der Waals surface area contributed by atoms with Crippen molar-refractivity contribution in [3.8, 4) is 0 Å². The highest BCUT2D eigenvalue weighted by molar-refractivity contribution is 5.94. The summed E-state index contributed by atoms with van der Waals surface area (Å²) in [6.45, 7) is 3.31. The van der Waals surface area contributed by atoms with E-state index in [9.17, 15) is 4.79 Å². The quantitative estimate of drug-likeness (QED) is 0.787. The van der Waals surface area contributed by atoms with Gasteiger partial charge in [0.25, 0.3) is 5.91 Å². The number of hydrogen-bond acceptors (Lipinski definition) is 4. The number of fused-ring (bicyclic) bond motifs is 1. The van der Waals surface area contributed by atoms with Gasteiger partial charge in [-0.25, -0.2) is 0 Å². The van der Waals surface area contributed by atoms with Crippen molar-refractivity contribution < 1.29 is 9.32 Å². The first-order valence-electron chi connectivity index (χ1n) is 6.33. The van der Waals surface area contributed by atoms with Crippen molar-refractivity contribution in [1.29, 1.82) is 0 Å². The lowest BCUT2D eigenvalue weighted by atomic mass is 10.1. The fraction of sp³-hybridized carbons (Fsp3) is 0.667. The van der Waals surface area contributed by atoms with Crippen LogP contribution in [0.1, 0.15) is 41.1 Å². The molecule has 92 valence electrons. The molecule has 3 rings (SSSR count). The molecule has 1 saturated heterocycles. The number of nitrogens with zero attached hydrogens (tertiary/aromatic N) is 2. The number of piperidine rings is 1. The molecule has 0 atom stereocenters. The van der Waals surface area contributed by atoms with Crippen molar-refractivity contribution in [2.24, 2.45) is 0 Å². The lowest BCUT2D eigenvalue weighted by molar-refractivity contribution is 0.0713. The number of rotatable bonds is 1. The lowest BCUT2D eigenvalue weighted by Crippen LogP contribution is -2.37. The van der Waals surface area contributed by atoms with Crippen molar-refractivity contribution >= 4 is 5.91 Å². The third kappa shape index (κ3) is 1.95. The Bertz CT molecular complexity index is 421. The first kappa shape index (κ1) is 10.8. The molecule has 2 aliphatic heterocycles. The predicted molar refractivity (Wildman–Crippen MR) is 61.7 cm³/mol. The van der Waals surface area contributed by atoms with Gasteiger partial charge in [0.2, 0.25) is 0 Å². The molecule has 1 aromatic rings. The van der Waals surface area contributed by atoms with Crippen molar-refractivity contribution in [2.45, 2.75) is 32.2 Å². The molecule has 0 unspecified atom stereocenters. The lowest BCUT2D eigenvalue weighted by Gasteiger charge is -2.26. The summed E-state index contributed by atoms with van der Waals surface area (Å²) in [5, 5.41) is 7.22. The maximum atomic E-state index is 12.3. The van der Waals surface area contributed by atoms with Gasteiger partial charge in [-0.3, -0.25) is 4.79 Å². The molecule has 0 spiro atoms. The van der Waals surface area contributed by atoms with Crippen LogP contribution < -0.4 is 5.32 Å². The number of amides is 1. The van der Waals surface area contributed by atoms with Crippen LogP contribution in [0.5, 0.6) is 0 Å². The van der Waals surface area contributed by atoms with Crippen molar-refractivity contribution in [3.63, 3.8) is 0 Å². The molecule has 5 nitrogen and oxygen atoms in total. The van der Waals surface area contributed by atoms with E-state index in [1.807, 2.05) is 4.90 Å². The average molecular weight is 235 g/mol. The Hall–Kier alpha value is -1.36. The second-order valence-electron chi connectivity index (χ2n) is 4.71. The SMILES string of the molecule is O=C(c1noc2c1CNCC2)N1CCCCC1. The third-order valence-electron chi connectivity index (χ3n) is 3.55. The minimum absolute atomic E-state index is 0.0402. The van der Waals surface area contributed by atoms with Gasteiger partial charge in [0.1, 0.15) is 5.76 Å². The molecule has 0 aliphatic carbocycles. The van der Waals surface area contributed by atoms with Crippen LogP contribution in [0.3, 0.4) is 0 Å². The van der Waals surface area contributed by atoms with E-state index in [1.54, 1.807) is 0 Å². The zero-order valence-electron chi connectivity index (χ0n) is 9.87. The Kier molecular flexibility index (Phi) is 2.84. The first-order valence-corrected chi connectivity index (χ1v) is 6.33. The molecule has 1 fully saturated rings. The highest BCUT2D eigenvalue weighted by Gasteiger charge is 2.27. The summed E-state index contributed by atoms with van der Waals surface area (Å²) < 4.78 is 5.26. The van der Waals surface area contributed by atoms with Crippen LogP contribution >= 0.6 is 0 Å². The number of likely N-dealkylation sites (tertiary alicyclic amines) is 1. The number of carbonyl (C=O) groups excluding carboxylic acids is 1. The van der Waals surface area contributed by atoms with E-state index >= 15 is 0 Å². The van der Waals surface area contributed by atoms with Gasteiger partial charge in [0.05, 0.1) is 0 Å². The number of nitrogens with one attached hydrogen (secondary N) is 1. The Morgan fingerprint density at radius 1 is 1.29 bits per heavy atom. The molecule has 0 radical (unpaired) electrons. The van der Waals surface area contributed by atoms with E-state index in [0.29, 0.717) is 12.2 Å². The third-order valence-corrected chi connectivity index (χ3v) is 3.55. The van der Waals surface area contributed by atoms with E-state index in [1.165, 1.54) is 6.42 Å². The highest BCUT2D eigenvalue weighted by atomic mass is 16.5. The second-order valence-corrected chi connectivity index (χ2v) is 4.71. The monoisotopic (exact) mass is 235 g/mol. The molecule has 1 aromatic heterocycles. The number of aromatic nitrogens is 1. The fourth-order valence-corrected chi connectivity index (χ4v) is 2.55. The molecule has 0 bridgehead atoms. The van der Waals surface area contributed by atoms with E-state index in [-0.39, 0.29) is 5.91 Å². The van der Waals surface area contributed by atoms with E-state index in [4.69, 9.17) is 4.52 Å². The Labute approximate surface area is 100 Å². The summed E-state index contributed by atoms with van der Waals surface area (Å²) >= 11 is 0. The largest absolute Gasteiger partial charge is 0.360 e. The average Bonchev–Trinajstić information content (AvgIpc) is 2.83. The summed E-state index contributed by atoms with van der Waals surface area (Å²) in [4.78, 5) is 14.2. The molecule has 17 heavy (non-hydrogen) atoms. The predicted octanol–water partition coefficient (Wildman–Crippen LogP) is 0.946. The molecule has 5 heteroatoms. The van der Waals surface area contributed by atoms with Gasteiger partial charge in [-0.1, -0.05) is 5.16 Å². The van der Waals surface area contributed by atoms with Crippen LogP contribution in [-0.2, 0) is 13.0 Å². The van der Waals surface area contributed by atoms with Crippen LogP contribution in [0, 0.1) is 0 Å². The summed E-state index contributed by atoms with van der Waals surface area (Å²) in [5.74, 6) is 0.919. The Balaban J connectivity index is 1.83. The van der Waals surface area contributed by atoms with Crippen LogP contribution in [-0.4, -0.2) is 35.6 Å². The van der Waals surface area contributed by atoms with Crippen LogP contribution in [0.15, 0.2) is 4.52 Å². The van der Waals surface area contributed by atoms with Gasteiger partial charge in [0, 0.05) is 38.2 Å². The molecule has 0 saturated carbocycles. The molecular weight excluding hydrogens is 218 g/mol. The minimum atomic E-state index is 0.0402. The summed E-state index contributed by atoms with van der Waals surface area (Å²) in [5.41, 5.74) is 1.49. The summed E-state index contributed by atoms with van der Waals surface area (Å²) in [7, 11) is 0. The zero-order chi connectivity index (χ0) is 11.7. The highest BCUT2D eigenvalue weighted by Crippen LogP contribution is 2.20. The minimum Gasteiger partial charge on any atom is -0.360 e. The maximum absolute atomic E-state index is 12.3. The zero-order valence-corrected chi connectivity index (χ0v) is 9.87.